The highest BCUT2D eigenvalue weighted by Gasteiger charge is 2.23. The van der Waals surface area contributed by atoms with Crippen LogP contribution in [0.4, 0.5) is 10.2 Å². The summed E-state index contributed by atoms with van der Waals surface area (Å²) in [5.41, 5.74) is 8.20. The minimum Gasteiger partial charge on any atom is -0.478 e. The second-order valence-electron chi connectivity index (χ2n) is 6.76. The number of hydrogen-bond acceptors (Lipinski definition) is 5. The van der Waals surface area contributed by atoms with Crippen molar-refractivity contribution < 1.29 is 23.4 Å². The number of carboxylic acids is 1. The van der Waals surface area contributed by atoms with Gasteiger partial charge in [-0.3, -0.25) is 0 Å². The number of rotatable bonds is 5. The summed E-state index contributed by atoms with van der Waals surface area (Å²) in [5, 5.41) is 9.79. The maximum absolute atomic E-state index is 13.9. The fourth-order valence-electron chi connectivity index (χ4n) is 3.26. The molecular weight excluding hydrogens is 446 g/mol. The summed E-state index contributed by atoms with van der Waals surface area (Å²) in [6.07, 6.45) is 2.28. The smallest absolute Gasteiger partial charge is 0.335 e. The molecule has 0 aliphatic heterocycles. The summed E-state index contributed by atoms with van der Waals surface area (Å²) >= 11 is 12.3. The van der Waals surface area contributed by atoms with Crippen LogP contribution in [0.2, 0.25) is 10.0 Å². The normalized spacial score (nSPS) is 12.1. The number of nitrogens with two attached hydrogens (primary N) is 1. The molecule has 1 atom stereocenters. The standard InChI is InChI=1S/C22H15Cl2FN2O4/c1-10(17-15(23)6-7-16(25)18(17)24)31-20-19-13(8-27-21(20)26)14(9-30-19)11-2-4-12(5-3-11)22(28)29/h2-10H,1H3,(H2,26,27)(H,28,29)/t10-/m1/s1. The van der Waals surface area contributed by atoms with Gasteiger partial charge in [-0.25, -0.2) is 14.2 Å². The number of fused-ring (bicyclic) bond motifs is 1. The van der Waals surface area contributed by atoms with Crippen molar-refractivity contribution in [2.75, 3.05) is 5.73 Å². The number of ether oxygens (including phenoxy) is 1. The van der Waals surface area contributed by atoms with E-state index in [-0.39, 0.29) is 32.7 Å². The molecule has 6 nitrogen and oxygen atoms in total. The van der Waals surface area contributed by atoms with Gasteiger partial charge < -0.3 is 20.0 Å². The van der Waals surface area contributed by atoms with Crippen molar-refractivity contribution in [1.82, 2.24) is 4.98 Å². The largest absolute Gasteiger partial charge is 0.478 e. The highest BCUT2D eigenvalue weighted by atomic mass is 35.5. The Morgan fingerprint density at radius 1 is 1.23 bits per heavy atom. The van der Waals surface area contributed by atoms with Crippen LogP contribution < -0.4 is 10.5 Å². The van der Waals surface area contributed by atoms with E-state index in [9.17, 15) is 9.18 Å². The molecule has 31 heavy (non-hydrogen) atoms. The van der Waals surface area contributed by atoms with Crippen molar-refractivity contribution in [3.8, 4) is 16.9 Å². The number of aromatic nitrogens is 1. The lowest BCUT2D eigenvalue weighted by Gasteiger charge is -2.18. The number of anilines is 1. The lowest BCUT2D eigenvalue weighted by Crippen LogP contribution is -2.08. The second-order valence-corrected chi connectivity index (χ2v) is 7.55. The first-order chi connectivity index (χ1) is 14.8. The lowest BCUT2D eigenvalue weighted by molar-refractivity contribution is 0.0697. The van der Waals surface area contributed by atoms with Crippen molar-refractivity contribution in [2.45, 2.75) is 13.0 Å². The first-order valence-electron chi connectivity index (χ1n) is 9.07. The van der Waals surface area contributed by atoms with Crippen LogP contribution in [0.1, 0.15) is 28.9 Å². The van der Waals surface area contributed by atoms with Crippen LogP contribution in [0.25, 0.3) is 22.1 Å². The van der Waals surface area contributed by atoms with Crippen LogP contribution in [0.3, 0.4) is 0 Å². The van der Waals surface area contributed by atoms with Crippen molar-refractivity contribution in [3.63, 3.8) is 0 Å². The number of nitrogens with zero attached hydrogens (tertiary/aromatic N) is 1. The highest BCUT2D eigenvalue weighted by molar-refractivity contribution is 6.36. The lowest BCUT2D eigenvalue weighted by atomic mass is 10.0. The Labute approximate surface area is 186 Å². The minimum absolute atomic E-state index is 0.0742. The van der Waals surface area contributed by atoms with Gasteiger partial charge in [-0.05, 0) is 36.8 Å². The summed E-state index contributed by atoms with van der Waals surface area (Å²) in [6, 6.07) is 8.89. The van der Waals surface area contributed by atoms with Crippen LogP contribution in [0.5, 0.6) is 5.75 Å². The molecule has 0 radical (unpaired) electrons. The zero-order valence-electron chi connectivity index (χ0n) is 16.0. The average molecular weight is 461 g/mol. The number of aromatic carboxylic acids is 1. The summed E-state index contributed by atoms with van der Waals surface area (Å²) in [7, 11) is 0. The monoisotopic (exact) mass is 460 g/mol. The fraction of sp³-hybridized carbons (Fsp3) is 0.0909. The molecule has 4 rings (SSSR count). The Morgan fingerprint density at radius 3 is 2.61 bits per heavy atom. The van der Waals surface area contributed by atoms with E-state index >= 15 is 0 Å². The molecule has 0 aliphatic carbocycles. The Kier molecular flexibility index (Phi) is 5.47. The zero-order chi connectivity index (χ0) is 22.3. The molecule has 0 unspecified atom stereocenters. The van der Waals surface area contributed by atoms with E-state index in [4.69, 9.17) is 43.2 Å². The summed E-state index contributed by atoms with van der Waals surface area (Å²) in [5.74, 6) is -1.40. The van der Waals surface area contributed by atoms with E-state index < -0.39 is 17.9 Å². The molecule has 2 heterocycles. The number of halogens is 3. The van der Waals surface area contributed by atoms with Gasteiger partial charge in [0.05, 0.1) is 22.2 Å². The number of benzene rings is 2. The van der Waals surface area contributed by atoms with E-state index in [0.717, 1.165) is 5.56 Å². The molecule has 2 aromatic heterocycles. The van der Waals surface area contributed by atoms with Crippen LogP contribution in [0, 0.1) is 5.82 Å². The van der Waals surface area contributed by atoms with Crippen LogP contribution in [-0.2, 0) is 0 Å². The summed E-state index contributed by atoms with van der Waals surface area (Å²) < 4.78 is 25.6. The topological polar surface area (TPSA) is 98.6 Å². The number of pyridine rings is 1. The maximum atomic E-state index is 13.9. The molecular formula is C22H15Cl2FN2O4. The van der Waals surface area contributed by atoms with Gasteiger partial charge in [0.25, 0.3) is 0 Å². The Morgan fingerprint density at radius 2 is 1.94 bits per heavy atom. The summed E-state index contributed by atoms with van der Waals surface area (Å²) in [6.45, 7) is 1.65. The molecule has 158 valence electrons. The second kappa shape index (κ2) is 8.09. The molecule has 0 fully saturated rings. The third-order valence-corrected chi connectivity index (χ3v) is 5.54. The van der Waals surface area contributed by atoms with E-state index in [0.29, 0.717) is 16.5 Å². The number of carboxylic acid groups (broad SMARTS) is 1. The van der Waals surface area contributed by atoms with E-state index in [1.807, 2.05) is 0 Å². The van der Waals surface area contributed by atoms with Gasteiger partial charge in [0.1, 0.15) is 11.9 Å². The van der Waals surface area contributed by atoms with Crippen LogP contribution in [-0.4, -0.2) is 16.1 Å². The molecule has 0 spiro atoms. The van der Waals surface area contributed by atoms with Crippen LogP contribution >= 0.6 is 23.2 Å². The van der Waals surface area contributed by atoms with Gasteiger partial charge in [0.15, 0.2) is 11.4 Å². The van der Waals surface area contributed by atoms with Gasteiger partial charge in [0.2, 0.25) is 5.75 Å². The number of hydrogen-bond donors (Lipinski definition) is 2. The zero-order valence-corrected chi connectivity index (χ0v) is 17.5. The summed E-state index contributed by atoms with van der Waals surface area (Å²) in [4.78, 5) is 15.3. The first kappa shape index (κ1) is 21.0. The van der Waals surface area contributed by atoms with Gasteiger partial charge in [-0.1, -0.05) is 35.3 Å². The molecule has 0 amide bonds. The molecule has 4 aromatic rings. The Hall–Kier alpha value is -3.29. The van der Waals surface area contributed by atoms with E-state index in [1.165, 1.54) is 36.7 Å². The molecule has 0 saturated heterocycles. The van der Waals surface area contributed by atoms with Gasteiger partial charge in [0, 0.05) is 22.3 Å². The Bertz CT molecular complexity index is 1310. The third-order valence-electron chi connectivity index (χ3n) is 4.82. The van der Waals surface area contributed by atoms with Gasteiger partial charge in [-0.15, -0.1) is 0 Å². The van der Waals surface area contributed by atoms with Crippen LogP contribution in [0.15, 0.2) is 53.3 Å². The minimum atomic E-state index is -1.02. The third kappa shape index (κ3) is 3.78. The Balaban J connectivity index is 1.75. The molecule has 2 aromatic carbocycles. The molecule has 0 bridgehead atoms. The molecule has 9 heteroatoms. The highest BCUT2D eigenvalue weighted by Crippen LogP contribution is 2.41. The maximum Gasteiger partial charge on any atom is 0.335 e. The van der Waals surface area contributed by atoms with Crippen molar-refractivity contribution in [2.24, 2.45) is 0 Å². The number of nitrogen functional groups attached to an aromatic ring is 1. The van der Waals surface area contributed by atoms with Gasteiger partial charge in [-0.2, -0.15) is 0 Å². The number of furan rings is 1. The fourth-order valence-corrected chi connectivity index (χ4v) is 3.94. The van der Waals surface area contributed by atoms with Crippen molar-refractivity contribution >= 4 is 46.0 Å². The SMILES string of the molecule is C[C@@H](Oc1c(N)ncc2c(-c3ccc(C(=O)O)cc3)coc12)c1c(Cl)ccc(F)c1Cl. The molecule has 3 N–H and O–H groups in total. The average Bonchev–Trinajstić information content (AvgIpc) is 3.17. The predicted molar refractivity (Wildman–Crippen MR) is 116 cm³/mol. The molecule has 0 saturated carbocycles. The quantitative estimate of drug-likeness (QED) is 0.336. The van der Waals surface area contributed by atoms with Gasteiger partial charge >= 0.3 is 5.97 Å². The first-order valence-corrected chi connectivity index (χ1v) is 9.83. The van der Waals surface area contributed by atoms with E-state index in [1.54, 1.807) is 19.1 Å². The molecule has 0 aliphatic rings. The van der Waals surface area contributed by atoms with Crippen molar-refractivity contribution in [3.05, 3.63) is 75.8 Å². The van der Waals surface area contributed by atoms with Crippen molar-refractivity contribution in [1.29, 1.82) is 0 Å². The van der Waals surface area contributed by atoms with E-state index in [2.05, 4.69) is 4.98 Å². The predicted octanol–water partition coefficient (Wildman–Crippen LogP) is 6.36. The number of carbonyl (C=O) groups is 1.